The van der Waals surface area contributed by atoms with E-state index in [1.807, 2.05) is 37.3 Å². The van der Waals surface area contributed by atoms with Crippen molar-refractivity contribution in [2.45, 2.75) is 27.5 Å². The predicted molar refractivity (Wildman–Crippen MR) is 106 cm³/mol. The minimum absolute atomic E-state index is 0.0848. The zero-order valence-electron chi connectivity index (χ0n) is 13.9. The summed E-state index contributed by atoms with van der Waals surface area (Å²) in [6, 6.07) is 15.2. The second-order valence-corrected chi connectivity index (χ2v) is 10.6. The quantitative estimate of drug-likeness (QED) is 0.531. The Kier molecular flexibility index (Phi) is 6.04. The Morgan fingerprint density at radius 2 is 1.77 bits per heavy atom. The van der Waals surface area contributed by atoms with Gasteiger partial charge < -0.3 is 4.55 Å². The molecule has 0 aliphatic rings. The second-order valence-electron chi connectivity index (χ2n) is 5.48. The molecule has 0 aliphatic carbocycles. The number of sulfone groups is 1. The van der Waals surface area contributed by atoms with E-state index < -0.39 is 21.0 Å². The number of hydrogen-bond donors (Lipinski definition) is 0. The average Bonchev–Trinajstić information content (AvgIpc) is 3.09. The fraction of sp³-hybridized carbons (Fsp3) is 0.167. The van der Waals surface area contributed by atoms with Gasteiger partial charge in [-0.2, -0.15) is 0 Å². The van der Waals surface area contributed by atoms with Crippen molar-refractivity contribution in [1.82, 2.24) is 4.98 Å². The standard InChI is InChI=1S/C18H16ClNO3S3/c1-2-12-25(21)18-17(20-16(24-18)13-6-4-3-5-7-13)26(22,23)15-10-8-14(19)9-11-15/h3-11H,2,12H2,1H3. The number of thiazole rings is 1. The van der Waals surface area contributed by atoms with E-state index in [9.17, 15) is 13.0 Å². The molecule has 1 unspecified atom stereocenters. The fourth-order valence-corrected chi connectivity index (χ4v) is 7.06. The number of hydrogen-bond acceptors (Lipinski definition) is 5. The van der Waals surface area contributed by atoms with E-state index in [0.29, 0.717) is 26.4 Å². The highest BCUT2D eigenvalue weighted by Crippen LogP contribution is 2.37. The Balaban J connectivity index is 2.15. The van der Waals surface area contributed by atoms with Crippen molar-refractivity contribution in [3.05, 3.63) is 59.6 Å². The zero-order valence-corrected chi connectivity index (χ0v) is 17.1. The molecule has 1 atom stereocenters. The van der Waals surface area contributed by atoms with Gasteiger partial charge in [-0.15, -0.1) is 0 Å². The number of rotatable bonds is 6. The summed E-state index contributed by atoms with van der Waals surface area (Å²) in [5, 5.41) is 0.857. The zero-order chi connectivity index (χ0) is 18.7. The summed E-state index contributed by atoms with van der Waals surface area (Å²) in [6.07, 6.45) is 0.686. The molecule has 2 aromatic carbocycles. The van der Waals surface area contributed by atoms with E-state index in [4.69, 9.17) is 11.6 Å². The van der Waals surface area contributed by atoms with Crippen LogP contribution in [0.2, 0.25) is 5.02 Å². The van der Waals surface area contributed by atoms with Gasteiger partial charge in [0.05, 0.1) is 4.90 Å². The highest BCUT2D eigenvalue weighted by atomic mass is 35.5. The third-order valence-corrected chi connectivity index (χ3v) is 8.86. The van der Waals surface area contributed by atoms with Crippen molar-refractivity contribution in [2.24, 2.45) is 0 Å². The molecule has 8 heteroatoms. The van der Waals surface area contributed by atoms with E-state index >= 15 is 0 Å². The monoisotopic (exact) mass is 425 g/mol. The van der Waals surface area contributed by atoms with Gasteiger partial charge in [-0.3, -0.25) is 0 Å². The van der Waals surface area contributed by atoms with E-state index in [1.165, 1.54) is 35.6 Å². The lowest BCUT2D eigenvalue weighted by atomic mass is 10.2. The highest BCUT2D eigenvalue weighted by Gasteiger charge is 2.33. The van der Waals surface area contributed by atoms with Crippen LogP contribution < -0.4 is 0 Å². The average molecular weight is 426 g/mol. The molecule has 26 heavy (non-hydrogen) atoms. The molecule has 0 fully saturated rings. The van der Waals surface area contributed by atoms with Crippen LogP contribution in [0.3, 0.4) is 0 Å². The Morgan fingerprint density at radius 3 is 2.38 bits per heavy atom. The lowest BCUT2D eigenvalue weighted by Gasteiger charge is -2.09. The Bertz CT molecular complexity index is 986. The van der Waals surface area contributed by atoms with Gasteiger partial charge in [-0.25, -0.2) is 13.4 Å². The van der Waals surface area contributed by atoms with Crippen molar-refractivity contribution < 1.29 is 13.0 Å². The van der Waals surface area contributed by atoms with E-state index in [-0.39, 0.29) is 9.92 Å². The fourth-order valence-electron chi connectivity index (χ4n) is 2.31. The van der Waals surface area contributed by atoms with Gasteiger partial charge >= 0.3 is 0 Å². The summed E-state index contributed by atoms with van der Waals surface area (Å²) in [6.45, 7) is 1.91. The molecule has 0 aliphatic heterocycles. The molecule has 136 valence electrons. The number of nitrogens with zero attached hydrogens (tertiary/aromatic N) is 1. The molecule has 0 saturated carbocycles. The maximum Gasteiger partial charge on any atom is 0.246 e. The smallest absolute Gasteiger partial charge is 0.246 e. The minimum Gasteiger partial charge on any atom is -0.611 e. The molecule has 3 rings (SSSR count). The molecular weight excluding hydrogens is 410 g/mol. The van der Waals surface area contributed by atoms with Crippen LogP contribution >= 0.6 is 22.9 Å². The molecular formula is C18H16ClNO3S3. The van der Waals surface area contributed by atoms with E-state index in [2.05, 4.69) is 4.98 Å². The summed E-state index contributed by atoms with van der Waals surface area (Å²) in [5.41, 5.74) is 0.796. The molecule has 0 radical (unpaired) electrons. The van der Waals surface area contributed by atoms with Crippen molar-refractivity contribution in [2.75, 3.05) is 5.75 Å². The molecule has 0 amide bonds. The van der Waals surface area contributed by atoms with Crippen molar-refractivity contribution in [3.8, 4) is 10.6 Å². The molecule has 4 nitrogen and oxygen atoms in total. The van der Waals surface area contributed by atoms with Gasteiger partial charge in [-0.05, 0) is 41.9 Å². The minimum atomic E-state index is -3.89. The van der Waals surface area contributed by atoms with E-state index in [0.717, 1.165) is 5.56 Å². The molecule has 0 spiro atoms. The van der Waals surface area contributed by atoms with Crippen LogP contribution in [0.1, 0.15) is 13.3 Å². The topological polar surface area (TPSA) is 70.1 Å². The predicted octanol–water partition coefficient (Wildman–Crippen LogP) is 4.81. The van der Waals surface area contributed by atoms with Gasteiger partial charge in [0.25, 0.3) is 0 Å². The molecule has 0 saturated heterocycles. The van der Waals surface area contributed by atoms with Gasteiger partial charge in [0.15, 0.2) is 0 Å². The maximum atomic E-state index is 13.1. The Labute approximate surface area is 165 Å². The first kappa shape index (κ1) is 19.4. The van der Waals surface area contributed by atoms with Crippen LogP contribution in [-0.4, -0.2) is 23.7 Å². The van der Waals surface area contributed by atoms with Gasteiger partial charge in [0.1, 0.15) is 10.8 Å². The molecule has 1 aromatic heterocycles. The molecule has 0 bridgehead atoms. The van der Waals surface area contributed by atoms with Gasteiger partial charge in [0, 0.05) is 10.6 Å². The molecule has 0 N–H and O–H groups in total. The van der Waals surface area contributed by atoms with Gasteiger partial charge in [-0.1, -0.05) is 60.2 Å². The van der Waals surface area contributed by atoms with Crippen LogP contribution in [0.5, 0.6) is 0 Å². The molecule has 3 aromatic rings. The highest BCUT2D eigenvalue weighted by molar-refractivity contribution is 7.96. The Morgan fingerprint density at radius 1 is 1.12 bits per heavy atom. The van der Waals surface area contributed by atoms with Crippen LogP contribution in [0.15, 0.2) is 68.7 Å². The van der Waals surface area contributed by atoms with Gasteiger partial charge in [0.2, 0.25) is 19.1 Å². The summed E-state index contributed by atoms with van der Waals surface area (Å²) < 4.78 is 39.1. The van der Waals surface area contributed by atoms with E-state index in [1.54, 1.807) is 0 Å². The van der Waals surface area contributed by atoms with Crippen LogP contribution in [0.25, 0.3) is 10.6 Å². The number of benzene rings is 2. The van der Waals surface area contributed by atoms with Crippen LogP contribution in [-0.2, 0) is 21.0 Å². The Hall–Kier alpha value is -1.38. The summed E-state index contributed by atoms with van der Waals surface area (Å²) >= 11 is 5.60. The largest absolute Gasteiger partial charge is 0.611 e. The van der Waals surface area contributed by atoms with Crippen molar-refractivity contribution in [3.63, 3.8) is 0 Å². The van der Waals surface area contributed by atoms with Crippen LogP contribution in [0.4, 0.5) is 0 Å². The SMILES string of the molecule is CCC[S+]([O-])c1sc(-c2ccccc2)nc1S(=O)(=O)c1ccc(Cl)cc1. The molecule has 1 heterocycles. The third kappa shape index (κ3) is 3.97. The first-order chi connectivity index (χ1) is 12.4. The summed E-state index contributed by atoms with van der Waals surface area (Å²) in [4.78, 5) is 4.44. The second kappa shape index (κ2) is 8.10. The summed E-state index contributed by atoms with van der Waals surface area (Å²) in [7, 11) is -3.89. The lowest BCUT2D eigenvalue weighted by molar-refractivity contribution is 0.581. The normalized spacial score (nSPS) is 12.9. The third-order valence-electron chi connectivity index (χ3n) is 3.56. The maximum absolute atomic E-state index is 13.1. The first-order valence-electron chi connectivity index (χ1n) is 7.88. The lowest BCUT2D eigenvalue weighted by Crippen LogP contribution is -2.11. The number of halogens is 1. The summed E-state index contributed by atoms with van der Waals surface area (Å²) in [5.74, 6) is 0.388. The first-order valence-corrected chi connectivity index (χ1v) is 11.9. The van der Waals surface area contributed by atoms with Crippen molar-refractivity contribution >= 4 is 44.0 Å². The number of aromatic nitrogens is 1. The van der Waals surface area contributed by atoms with Crippen molar-refractivity contribution in [1.29, 1.82) is 0 Å². The van der Waals surface area contributed by atoms with Crippen LogP contribution in [0, 0.1) is 0 Å².